The fraction of sp³-hybridized carbons (Fsp3) is 0.368. The lowest BCUT2D eigenvalue weighted by Gasteiger charge is -2.49. The molecule has 4 heteroatoms. The highest BCUT2D eigenvalue weighted by Crippen LogP contribution is 2.63. The van der Waals surface area contributed by atoms with Gasteiger partial charge in [-0.05, 0) is 31.6 Å². The largest absolute Gasteiger partial charge is 0.289 e. The van der Waals surface area contributed by atoms with Gasteiger partial charge in [-0.15, -0.1) is 0 Å². The molecule has 0 N–H and O–H groups in total. The van der Waals surface area contributed by atoms with Gasteiger partial charge >= 0.3 is 0 Å². The minimum Gasteiger partial charge on any atom is -0.289 e. The number of nitrogens with zero attached hydrogens (tertiary/aromatic N) is 2. The first-order valence-corrected chi connectivity index (χ1v) is 10.0. The van der Waals surface area contributed by atoms with Gasteiger partial charge in [-0.25, -0.2) is 9.34 Å². The Morgan fingerprint density at radius 2 is 1.26 bits per heavy atom. The molecule has 2 aromatic carbocycles. The molecule has 0 aliphatic carbocycles. The van der Waals surface area contributed by atoms with Crippen molar-refractivity contribution in [1.82, 2.24) is 9.34 Å². The summed E-state index contributed by atoms with van der Waals surface area (Å²) in [5.41, 5.74) is 2.50. The molecular weight excluding hydrogens is 303 g/mol. The van der Waals surface area contributed by atoms with Crippen molar-refractivity contribution in [2.45, 2.75) is 25.4 Å². The molecule has 2 atom stereocenters. The van der Waals surface area contributed by atoms with Crippen molar-refractivity contribution in [1.29, 1.82) is 0 Å². The summed E-state index contributed by atoms with van der Waals surface area (Å²) in [4.78, 5) is 0. The first-order valence-electron chi connectivity index (χ1n) is 8.23. The van der Waals surface area contributed by atoms with Crippen LogP contribution in [0.1, 0.15) is 36.6 Å². The average Bonchev–Trinajstić information content (AvgIpc) is 2.61. The number of hydrogen-bond donors (Lipinski definition) is 0. The molecule has 0 aromatic heterocycles. The van der Waals surface area contributed by atoms with Crippen molar-refractivity contribution in [3.05, 3.63) is 71.8 Å². The summed E-state index contributed by atoms with van der Waals surface area (Å²) in [6.45, 7) is 2.03. The van der Waals surface area contributed by atoms with Crippen LogP contribution in [0.15, 0.2) is 60.7 Å². The maximum Gasteiger partial charge on any atom is 0.216 e. The fourth-order valence-corrected chi connectivity index (χ4v) is 6.34. The molecule has 1 fully saturated rings. The highest BCUT2D eigenvalue weighted by Gasteiger charge is 2.45. The highest BCUT2D eigenvalue weighted by atomic mass is 31.2. The Balaban J connectivity index is 2.04. The Bertz CT molecular complexity index is 634. The topological polar surface area (TPSA) is 23.6 Å². The summed E-state index contributed by atoms with van der Waals surface area (Å²) >= 11 is 0. The van der Waals surface area contributed by atoms with E-state index in [-0.39, 0.29) is 12.1 Å². The lowest BCUT2D eigenvalue weighted by molar-refractivity contribution is 0.203. The normalized spacial score (nSPS) is 29.5. The molecule has 0 spiro atoms. The van der Waals surface area contributed by atoms with E-state index in [1.807, 2.05) is 33.2 Å². The van der Waals surface area contributed by atoms with E-state index in [0.29, 0.717) is 6.16 Å². The molecule has 1 saturated heterocycles. The van der Waals surface area contributed by atoms with Crippen LogP contribution in [0.5, 0.6) is 0 Å². The highest BCUT2D eigenvalue weighted by molar-refractivity contribution is 7.59. The van der Waals surface area contributed by atoms with Crippen molar-refractivity contribution in [2.24, 2.45) is 0 Å². The van der Waals surface area contributed by atoms with Crippen molar-refractivity contribution in [3.8, 4) is 0 Å². The van der Waals surface area contributed by atoms with Gasteiger partial charge in [-0.3, -0.25) is 4.57 Å². The molecule has 3 rings (SSSR count). The van der Waals surface area contributed by atoms with Crippen LogP contribution in [0.3, 0.4) is 0 Å². The summed E-state index contributed by atoms with van der Waals surface area (Å²) in [5, 5.41) is 0. The quantitative estimate of drug-likeness (QED) is 0.745. The lowest BCUT2D eigenvalue weighted by Crippen LogP contribution is -2.40. The van der Waals surface area contributed by atoms with E-state index in [1.165, 1.54) is 11.1 Å². The molecule has 0 amide bonds. The van der Waals surface area contributed by atoms with Crippen LogP contribution in [-0.4, -0.2) is 29.6 Å². The van der Waals surface area contributed by atoms with Gasteiger partial charge in [0.1, 0.15) is 0 Å². The zero-order valence-corrected chi connectivity index (χ0v) is 15.0. The molecule has 2 unspecified atom stereocenters. The van der Waals surface area contributed by atoms with E-state index in [4.69, 9.17) is 0 Å². The Morgan fingerprint density at radius 1 is 0.870 bits per heavy atom. The SMILES string of the molecule is CCP1(=O)N(C)C(c2ccccc2)CC(c2ccccc2)N1C. The molecule has 1 aliphatic heterocycles. The molecule has 0 radical (unpaired) electrons. The van der Waals surface area contributed by atoms with Crippen LogP contribution in [0.4, 0.5) is 0 Å². The second-order valence-corrected chi connectivity index (χ2v) is 9.44. The average molecular weight is 328 g/mol. The molecule has 0 bridgehead atoms. The van der Waals surface area contributed by atoms with Gasteiger partial charge in [0, 0.05) is 18.2 Å². The van der Waals surface area contributed by atoms with Gasteiger partial charge in [0.15, 0.2) is 0 Å². The third-order valence-electron chi connectivity index (χ3n) is 5.12. The van der Waals surface area contributed by atoms with Crippen LogP contribution in [-0.2, 0) is 4.57 Å². The first kappa shape index (κ1) is 16.4. The number of rotatable bonds is 3. The van der Waals surface area contributed by atoms with Crippen LogP contribution in [0.2, 0.25) is 0 Å². The number of hydrogen-bond acceptors (Lipinski definition) is 1. The smallest absolute Gasteiger partial charge is 0.216 e. The van der Waals surface area contributed by atoms with E-state index < -0.39 is 7.44 Å². The van der Waals surface area contributed by atoms with E-state index in [9.17, 15) is 4.57 Å². The minimum absolute atomic E-state index is 0.184. The van der Waals surface area contributed by atoms with Crippen molar-refractivity contribution in [2.75, 3.05) is 20.3 Å². The second kappa shape index (κ2) is 6.60. The van der Waals surface area contributed by atoms with E-state index in [0.717, 1.165) is 6.42 Å². The van der Waals surface area contributed by atoms with E-state index in [1.54, 1.807) is 0 Å². The molecule has 2 aromatic rings. The molecule has 0 saturated carbocycles. The van der Waals surface area contributed by atoms with Gasteiger partial charge in [-0.1, -0.05) is 67.6 Å². The van der Waals surface area contributed by atoms with Gasteiger partial charge in [0.2, 0.25) is 7.44 Å². The molecule has 1 heterocycles. The van der Waals surface area contributed by atoms with Crippen LogP contribution in [0, 0.1) is 0 Å². The summed E-state index contributed by atoms with van der Waals surface area (Å²) in [6, 6.07) is 21.3. The Labute approximate surface area is 139 Å². The third kappa shape index (κ3) is 2.89. The first-order chi connectivity index (χ1) is 11.1. The molecule has 3 nitrogen and oxygen atoms in total. The van der Waals surface area contributed by atoms with Crippen molar-refractivity contribution in [3.63, 3.8) is 0 Å². The van der Waals surface area contributed by atoms with Gasteiger partial charge in [0.05, 0.1) is 0 Å². The second-order valence-electron chi connectivity index (χ2n) is 6.22. The van der Waals surface area contributed by atoms with Crippen LogP contribution < -0.4 is 0 Å². The van der Waals surface area contributed by atoms with E-state index >= 15 is 0 Å². The third-order valence-corrected chi connectivity index (χ3v) is 8.47. The predicted octanol–water partition coefficient (Wildman–Crippen LogP) is 4.95. The summed E-state index contributed by atoms with van der Waals surface area (Å²) in [5.74, 6) is 0. The van der Waals surface area contributed by atoms with Crippen molar-refractivity contribution >= 4 is 7.44 Å². The predicted molar refractivity (Wildman–Crippen MR) is 96.7 cm³/mol. The molecule has 122 valence electrons. The van der Waals surface area contributed by atoms with Gasteiger partial charge in [-0.2, -0.15) is 0 Å². The van der Waals surface area contributed by atoms with Gasteiger partial charge < -0.3 is 0 Å². The standard InChI is InChI=1S/C19H25N2OP/c1-4-23(22)20(2)18(16-11-7-5-8-12-16)15-19(21(23)3)17-13-9-6-10-14-17/h5-14,18-19H,4,15H2,1-3H3. The van der Waals surface area contributed by atoms with Gasteiger partial charge in [0.25, 0.3) is 0 Å². The summed E-state index contributed by atoms with van der Waals surface area (Å²) in [7, 11) is 1.47. The van der Waals surface area contributed by atoms with Crippen molar-refractivity contribution < 1.29 is 4.57 Å². The molecule has 23 heavy (non-hydrogen) atoms. The summed E-state index contributed by atoms with van der Waals surface area (Å²) in [6.07, 6.45) is 1.61. The fourth-order valence-electron chi connectivity index (χ4n) is 3.67. The summed E-state index contributed by atoms with van der Waals surface area (Å²) < 4.78 is 17.9. The maximum absolute atomic E-state index is 13.7. The maximum atomic E-state index is 13.7. The lowest BCUT2D eigenvalue weighted by atomic mass is 9.95. The Kier molecular flexibility index (Phi) is 4.72. The van der Waals surface area contributed by atoms with Crippen LogP contribution in [0.25, 0.3) is 0 Å². The van der Waals surface area contributed by atoms with Crippen LogP contribution >= 0.6 is 7.44 Å². The zero-order chi connectivity index (χ0) is 16.4. The molecular formula is C19H25N2OP. The molecule has 1 aliphatic rings. The monoisotopic (exact) mass is 328 g/mol. The minimum atomic E-state index is -2.55. The van der Waals surface area contributed by atoms with E-state index in [2.05, 4.69) is 57.9 Å². The Morgan fingerprint density at radius 3 is 1.61 bits per heavy atom. The Hall–Kier alpha value is -1.41. The number of benzene rings is 2. The zero-order valence-electron chi connectivity index (χ0n) is 14.1.